The van der Waals surface area contributed by atoms with Crippen molar-refractivity contribution in [3.8, 4) is 0 Å². The quantitative estimate of drug-likeness (QED) is 0.603. The average molecular weight is 360 g/mol. The molecule has 2 N–H and O–H groups in total. The minimum Gasteiger partial charge on any atom is -0.452 e. The third-order valence-corrected chi connectivity index (χ3v) is 4.50. The summed E-state index contributed by atoms with van der Waals surface area (Å²) < 4.78 is 5.26. The summed E-state index contributed by atoms with van der Waals surface area (Å²) in [4.78, 5) is 35.3. The SMILES string of the molecule is CC(=O)Nc1ccc(CC(=O)O[C@@H](C)C(=O)NC2CCCCCC2)cc1. The predicted octanol–water partition coefficient (Wildman–Crippen LogP) is 2.96. The Kier molecular flexibility index (Phi) is 7.63. The summed E-state index contributed by atoms with van der Waals surface area (Å²) in [5.74, 6) is -0.822. The van der Waals surface area contributed by atoms with E-state index in [2.05, 4.69) is 10.6 Å². The molecule has 1 fully saturated rings. The number of esters is 1. The molecule has 1 atom stereocenters. The van der Waals surface area contributed by atoms with Crippen molar-refractivity contribution in [2.24, 2.45) is 0 Å². The Morgan fingerprint density at radius 2 is 1.69 bits per heavy atom. The van der Waals surface area contributed by atoms with Crippen molar-refractivity contribution in [3.63, 3.8) is 0 Å². The summed E-state index contributed by atoms with van der Waals surface area (Å²) in [6, 6.07) is 7.15. The van der Waals surface area contributed by atoms with Crippen LogP contribution in [0.1, 0.15) is 57.9 Å². The molecule has 2 rings (SSSR count). The highest BCUT2D eigenvalue weighted by Crippen LogP contribution is 2.17. The van der Waals surface area contributed by atoms with Crippen LogP contribution in [0.25, 0.3) is 0 Å². The molecule has 1 aliphatic rings. The Morgan fingerprint density at radius 1 is 1.08 bits per heavy atom. The fourth-order valence-electron chi connectivity index (χ4n) is 3.11. The highest BCUT2D eigenvalue weighted by molar-refractivity contribution is 5.88. The van der Waals surface area contributed by atoms with Crippen LogP contribution in [0.4, 0.5) is 5.69 Å². The van der Waals surface area contributed by atoms with E-state index in [1.807, 2.05) is 0 Å². The van der Waals surface area contributed by atoms with Crippen LogP contribution in [0.3, 0.4) is 0 Å². The third kappa shape index (κ3) is 6.86. The Morgan fingerprint density at radius 3 is 2.27 bits per heavy atom. The maximum atomic E-state index is 12.2. The zero-order chi connectivity index (χ0) is 18.9. The number of ether oxygens (including phenoxy) is 1. The number of carbonyl (C=O) groups excluding carboxylic acids is 3. The third-order valence-electron chi connectivity index (χ3n) is 4.50. The van der Waals surface area contributed by atoms with E-state index >= 15 is 0 Å². The van der Waals surface area contributed by atoms with Crippen LogP contribution < -0.4 is 10.6 Å². The lowest BCUT2D eigenvalue weighted by Gasteiger charge is -2.19. The minimum absolute atomic E-state index is 0.0847. The largest absolute Gasteiger partial charge is 0.452 e. The molecule has 2 amide bonds. The average Bonchev–Trinajstić information content (AvgIpc) is 2.84. The predicted molar refractivity (Wildman–Crippen MR) is 99.6 cm³/mol. The maximum Gasteiger partial charge on any atom is 0.311 e. The first-order valence-corrected chi connectivity index (χ1v) is 9.30. The summed E-state index contributed by atoms with van der Waals surface area (Å²) in [7, 11) is 0. The van der Waals surface area contributed by atoms with Gasteiger partial charge in [0, 0.05) is 18.7 Å². The van der Waals surface area contributed by atoms with Crippen molar-refractivity contribution in [3.05, 3.63) is 29.8 Å². The molecular weight excluding hydrogens is 332 g/mol. The van der Waals surface area contributed by atoms with Gasteiger partial charge in [0.15, 0.2) is 6.10 Å². The molecule has 0 aromatic heterocycles. The van der Waals surface area contributed by atoms with Gasteiger partial charge in [-0.2, -0.15) is 0 Å². The summed E-state index contributed by atoms with van der Waals surface area (Å²) in [6.07, 6.45) is 5.97. The summed E-state index contributed by atoms with van der Waals surface area (Å²) in [5.41, 5.74) is 1.44. The molecule has 1 aromatic carbocycles. The zero-order valence-electron chi connectivity index (χ0n) is 15.5. The van der Waals surface area contributed by atoms with Gasteiger partial charge in [-0.05, 0) is 37.5 Å². The number of nitrogens with one attached hydrogen (secondary N) is 2. The molecule has 0 saturated heterocycles. The van der Waals surface area contributed by atoms with Crippen LogP contribution in [-0.4, -0.2) is 29.9 Å². The number of anilines is 1. The number of hydrogen-bond acceptors (Lipinski definition) is 4. The molecule has 1 saturated carbocycles. The maximum absolute atomic E-state index is 12.2. The van der Waals surface area contributed by atoms with Crippen molar-refractivity contribution >= 4 is 23.5 Å². The summed E-state index contributed by atoms with van der Waals surface area (Å²) in [6.45, 7) is 3.04. The molecule has 6 nitrogen and oxygen atoms in total. The van der Waals surface area contributed by atoms with E-state index in [9.17, 15) is 14.4 Å². The molecule has 142 valence electrons. The molecule has 1 aliphatic carbocycles. The molecule has 0 radical (unpaired) electrons. The fourth-order valence-corrected chi connectivity index (χ4v) is 3.11. The lowest BCUT2D eigenvalue weighted by molar-refractivity contribution is -0.154. The van der Waals surface area contributed by atoms with E-state index in [0.717, 1.165) is 31.2 Å². The number of hydrogen-bond donors (Lipinski definition) is 2. The van der Waals surface area contributed by atoms with E-state index in [1.165, 1.54) is 19.8 Å². The lowest BCUT2D eigenvalue weighted by Crippen LogP contribution is -2.42. The summed E-state index contributed by atoms with van der Waals surface area (Å²) in [5, 5.41) is 5.66. The van der Waals surface area contributed by atoms with Crippen molar-refractivity contribution < 1.29 is 19.1 Å². The standard InChI is InChI=1S/C20H28N2O4/c1-14(20(25)22-17-7-5-3-4-6-8-17)26-19(24)13-16-9-11-18(12-10-16)21-15(2)23/h9-12,14,17H,3-8,13H2,1-2H3,(H,21,23)(H,22,25)/t14-/m0/s1. The molecule has 0 spiro atoms. The number of carbonyl (C=O) groups is 3. The molecule has 26 heavy (non-hydrogen) atoms. The van der Waals surface area contributed by atoms with E-state index < -0.39 is 12.1 Å². The van der Waals surface area contributed by atoms with E-state index in [0.29, 0.717) is 5.69 Å². The monoisotopic (exact) mass is 360 g/mol. The first kappa shape index (κ1) is 19.9. The van der Waals surface area contributed by atoms with E-state index in [1.54, 1.807) is 31.2 Å². The molecule has 1 aromatic rings. The Labute approximate surface area is 154 Å². The van der Waals surface area contributed by atoms with Crippen molar-refractivity contribution in [1.82, 2.24) is 5.32 Å². The van der Waals surface area contributed by atoms with Gasteiger partial charge in [-0.1, -0.05) is 37.8 Å². The smallest absolute Gasteiger partial charge is 0.311 e. The highest BCUT2D eigenvalue weighted by Gasteiger charge is 2.21. The molecule has 0 aliphatic heterocycles. The Bertz CT molecular complexity index is 619. The number of benzene rings is 1. The first-order valence-electron chi connectivity index (χ1n) is 9.30. The number of amides is 2. The zero-order valence-corrected chi connectivity index (χ0v) is 15.5. The van der Waals surface area contributed by atoms with Crippen molar-refractivity contribution in [1.29, 1.82) is 0 Å². The Hall–Kier alpha value is -2.37. The van der Waals surface area contributed by atoms with E-state index in [-0.39, 0.29) is 24.3 Å². The van der Waals surface area contributed by atoms with Crippen LogP contribution in [0.15, 0.2) is 24.3 Å². The normalized spacial score (nSPS) is 16.2. The first-order chi connectivity index (χ1) is 12.4. The van der Waals surface area contributed by atoms with Gasteiger partial charge < -0.3 is 15.4 Å². The highest BCUT2D eigenvalue weighted by atomic mass is 16.5. The molecule has 0 heterocycles. The van der Waals surface area contributed by atoms with Crippen molar-refractivity contribution in [2.45, 2.75) is 70.9 Å². The van der Waals surface area contributed by atoms with Crippen LogP contribution >= 0.6 is 0 Å². The second kappa shape index (κ2) is 9.94. The van der Waals surface area contributed by atoms with Crippen LogP contribution in [0.5, 0.6) is 0 Å². The van der Waals surface area contributed by atoms with Gasteiger partial charge in [-0.3, -0.25) is 14.4 Å². The fraction of sp³-hybridized carbons (Fsp3) is 0.550. The minimum atomic E-state index is -0.801. The molecule has 6 heteroatoms. The van der Waals surface area contributed by atoms with Crippen LogP contribution in [0, 0.1) is 0 Å². The summed E-state index contributed by atoms with van der Waals surface area (Å²) >= 11 is 0. The Balaban J connectivity index is 1.78. The van der Waals surface area contributed by atoms with Crippen molar-refractivity contribution in [2.75, 3.05) is 5.32 Å². The van der Waals surface area contributed by atoms with Gasteiger partial charge in [0.05, 0.1) is 6.42 Å². The van der Waals surface area contributed by atoms with Crippen LogP contribution in [-0.2, 0) is 25.5 Å². The van der Waals surface area contributed by atoms with Gasteiger partial charge in [0.1, 0.15) is 0 Å². The number of rotatable bonds is 6. The molecule has 0 bridgehead atoms. The van der Waals surface area contributed by atoms with Crippen LogP contribution in [0.2, 0.25) is 0 Å². The van der Waals surface area contributed by atoms with Gasteiger partial charge in [-0.25, -0.2) is 0 Å². The topological polar surface area (TPSA) is 84.5 Å². The van der Waals surface area contributed by atoms with E-state index in [4.69, 9.17) is 4.74 Å². The van der Waals surface area contributed by atoms with Gasteiger partial charge in [0.25, 0.3) is 5.91 Å². The molecular formula is C20H28N2O4. The lowest BCUT2D eigenvalue weighted by atomic mass is 10.1. The van der Waals surface area contributed by atoms with Gasteiger partial charge in [-0.15, -0.1) is 0 Å². The second-order valence-electron chi connectivity index (χ2n) is 6.88. The molecule has 0 unspecified atom stereocenters. The van der Waals surface area contributed by atoms with Gasteiger partial charge >= 0.3 is 5.97 Å². The van der Waals surface area contributed by atoms with Gasteiger partial charge in [0.2, 0.25) is 5.91 Å². The second-order valence-corrected chi connectivity index (χ2v) is 6.88.